The summed E-state index contributed by atoms with van der Waals surface area (Å²) in [6.07, 6.45) is 0.984. The molecule has 15 heavy (non-hydrogen) atoms. The Hall–Kier alpha value is -1.13. The zero-order valence-corrected chi connectivity index (χ0v) is 9.73. The highest BCUT2D eigenvalue weighted by molar-refractivity contribution is 7.18. The van der Waals surface area contributed by atoms with Gasteiger partial charge in [-0.3, -0.25) is 0 Å². The van der Waals surface area contributed by atoms with Crippen molar-refractivity contribution in [2.24, 2.45) is 0 Å². The summed E-state index contributed by atoms with van der Waals surface area (Å²) in [5.41, 5.74) is 1.06. The number of ether oxygens (including phenoxy) is 1. The Labute approximate surface area is 93.1 Å². The Bertz CT molecular complexity index is 453. The molecule has 0 aliphatic heterocycles. The first-order valence-electron chi connectivity index (χ1n) is 4.91. The molecule has 0 saturated heterocycles. The van der Waals surface area contributed by atoms with Crippen molar-refractivity contribution in [1.82, 2.24) is 10.3 Å². The van der Waals surface area contributed by atoms with Crippen LogP contribution in [0.5, 0.6) is 5.75 Å². The van der Waals surface area contributed by atoms with Crippen molar-refractivity contribution in [2.75, 3.05) is 20.7 Å². The van der Waals surface area contributed by atoms with Gasteiger partial charge in [-0.15, -0.1) is 11.3 Å². The third kappa shape index (κ3) is 2.27. The first-order chi connectivity index (χ1) is 7.33. The third-order valence-electron chi connectivity index (χ3n) is 2.23. The lowest BCUT2D eigenvalue weighted by molar-refractivity contribution is 0.415. The highest BCUT2D eigenvalue weighted by Crippen LogP contribution is 2.26. The summed E-state index contributed by atoms with van der Waals surface area (Å²) < 4.78 is 6.37. The topological polar surface area (TPSA) is 34.2 Å². The van der Waals surface area contributed by atoms with Crippen LogP contribution in [-0.2, 0) is 6.42 Å². The van der Waals surface area contributed by atoms with Crippen molar-refractivity contribution in [3.05, 3.63) is 23.2 Å². The summed E-state index contributed by atoms with van der Waals surface area (Å²) in [7, 11) is 3.64. The molecular formula is C11H14N2OS. The maximum Gasteiger partial charge on any atom is 0.120 e. The van der Waals surface area contributed by atoms with E-state index in [4.69, 9.17) is 4.74 Å². The fraction of sp³-hybridized carbons (Fsp3) is 0.364. The number of aromatic nitrogens is 1. The van der Waals surface area contributed by atoms with Crippen LogP contribution in [0.2, 0.25) is 0 Å². The monoisotopic (exact) mass is 222 g/mol. The number of benzene rings is 1. The van der Waals surface area contributed by atoms with Crippen LogP contribution >= 0.6 is 11.3 Å². The fourth-order valence-electron chi connectivity index (χ4n) is 1.42. The molecule has 1 aromatic heterocycles. The molecule has 1 N–H and O–H groups in total. The maximum atomic E-state index is 5.18. The quantitative estimate of drug-likeness (QED) is 0.860. The Morgan fingerprint density at radius 2 is 2.33 bits per heavy atom. The van der Waals surface area contributed by atoms with Gasteiger partial charge in [-0.1, -0.05) is 0 Å². The molecule has 0 radical (unpaired) electrons. The van der Waals surface area contributed by atoms with Gasteiger partial charge in [0.05, 0.1) is 22.3 Å². The molecule has 1 aromatic carbocycles. The lowest BCUT2D eigenvalue weighted by Crippen LogP contribution is -2.09. The van der Waals surface area contributed by atoms with Crippen molar-refractivity contribution in [2.45, 2.75) is 6.42 Å². The standard InChI is InChI=1S/C11H14N2OS/c1-12-6-5-11-13-9-4-3-8(14-2)7-10(9)15-11/h3-4,7,12H,5-6H2,1-2H3. The number of nitrogens with zero attached hydrogens (tertiary/aromatic N) is 1. The van der Waals surface area contributed by atoms with E-state index in [0.717, 1.165) is 24.2 Å². The van der Waals surface area contributed by atoms with Crippen LogP contribution in [0.15, 0.2) is 18.2 Å². The second-order valence-corrected chi connectivity index (χ2v) is 4.41. The molecule has 2 rings (SSSR count). The zero-order chi connectivity index (χ0) is 10.7. The van der Waals surface area contributed by atoms with Crippen molar-refractivity contribution in [1.29, 1.82) is 0 Å². The first-order valence-corrected chi connectivity index (χ1v) is 5.73. The summed E-state index contributed by atoms with van der Waals surface area (Å²) in [5, 5.41) is 4.30. The predicted octanol–water partition coefficient (Wildman–Crippen LogP) is 2.07. The Balaban J connectivity index is 2.29. The van der Waals surface area contributed by atoms with Gasteiger partial charge < -0.3 is 10.1 Å². The Kier molecular flexibility index (Phi) is 3.18. The van der Waals surface area contributed by atoms with Gasteiger partial charge in [0.1, 0.15) is 5.75 Å². The molecule has 80 valence electrons. The molecule has 4 heteroatoms. The molecule has 0 bridgehead atoms. The molecule has 0 atom stereocenters. The van der Waals surface area contributed by atoms with E-state index < -0.39 is 0 Å². The van der Waals surface area contributed by atoms with E-state index in [9.17, 15) is 0 Å². The van der Waals surface area contributed by atoms with Gasteiger partial charge in [-0.2, -0.15) is 0 Å². The molecule has 0 fully saturated rings. The average Bonchev–Trinajstić information content (AvgIpc) is 2.67. The largest absolute Gasteiger partial charge is 0.497 e. The second kappa shape index (κ2) is 4.59. The summed E-state index contributed by atoms with van der Waals surface area (Å²) in [5.74, 6) is 0.895. The van der Waals surface area contributed by atoms with Gasteiger partial charge in [0, 0.05) is 13.0 Å². The van der Waals surface area contributed by atoms with Crippen molar-refractivity contribution >= 4 is 21.6 Å². The molecule has 0 unspecified atom stereocenters. The minimum atomic E-state index is 0.895. The van der Waals surface area contributed by atoms with Gasteiger partial charge in [0.25, 0.3) is 0 Å². The van der Waals surface area contributed by atoms with Crippen LogP contribution in [0.25, 0.3) is 10.2 Å². The van der Waals surface area contributed by atoms with Crippen molar-refractivity contribution < 1.29 is 4.74 Å². The average molecular weight is 222 g/mol. The van der Waals surface area contributed by atoms with E-state index in [0.29, 0.717) is 0 Å². The van der Waals surface area contributed by atoms with Crippen LogP contribution in [0.1, 0.15) is 5.01 Å². The molecule has 2 aromatic rings. The minimum Gasteiger partial charge on any atom is -0.497 e. The van der Waals surface area contributed by atoms with E-state index in [1.807, 2.05) is 25.2 Å². The number of thiazole rings is 1. The van der Waals surface area contributed by atoms with Crippen LogP contribution in [-0.4, -0.2) is 25.7 Å². The van der Waals surface area contributed by atoms with Gasteiger partial charge in [0.15, 0.2) is 0 Å². The number of methoxy groups -OCH3 is 1. The van der Waals surface area contributed by atoms with Crippen LogP contribution in [0.3, 0.4) is 0 Å². The van der Waals surface area contributed by atoms with E-state index in [1.165, 1.54) is 9.71 Å². The minimum absolute atomic E-state index is 0.895. The van der Waals surface area contributed by atoms with Crippen molar-refractivity contribution in [3.63, 3.8) is 0 Å². The summed E-state index contributed by atoms with van der Waals surface area (Å²) in [6.45, 7) is 0.969. The number of nitrogens with one attached hydrogen (secondary N) is 1. The Morgan fingerprint density at radius 1 is 1.47 bits per heavy atom. The van der Waals surface area contributed by atoms with Crippen LogP contribution in [0.4, 0.5) is 0 Å². The van der Waals surface area contributed by atoms with Gasteiger partial charge >= 0.3 is 0 Å². The van der Waals surface area contributed by atoms with Crippen LogP contribution in [0, 0.1) is 0 Å². The molecule has 1 heterocycles. The van der Waals surface area contributed by atoms with Gasteiger partial charge in [-0.25, -0.2) is 4.98 Å². The summed E-state index contributed by atoms with van der Waals surface area (Å²) >= 11 is 1.74. The lowest BCUT2D eigenvalue weighted by Gasteiger charge is -1.96. The molecule has 3 nitrogen and oxygen atoms in total. The fourth-order valence-corrected chi connectivity index (χ4v) is 2.41. The van der Waals surface area contributed by atoms with E-state index in [1.54, 1.807) is 18.4 Å². The zero-order valence-electron chi connectivity index (χ0n) is 8.91. The molecule has 0 aliphatic carbocycles. The number of hydrogen-bond donors (Lipinski definition) is 1. The Morgan fingerprint density at radius 3 is 3.07 bits per heavy atom. The van der Waals surface area contributed by atoms with Gasteiger partial charge in [0.2, 0.25) is 0 Å². The van der Waals surface area contributed by atoms with Gasteiger partial charge in [-0.05, 0) is 25.2 Å². The molecular weight excluding hydrogens is 208 g/mol. The highest BCUT2D eigenvalue weighted by Gasteiger charge is 2.04. The number of rotatable bonds is 4. The molecule has 0 aliphatic rings. The molecule has 0 amide bonds. The highest BCUT2D eigenvalue weighted by atomic mass is 32.1. The second-order valence-electron chi connectivity index (χ2n) is 3.29. The number of fused-ring (bicyclic) bond motifs is 1. The number of likely N-dealkylation sites (N-methyl/N-ethyl adjacent to an activating group) is 1. The van der Waals surface area contributed by atoms with E-state index in [-0.39, 0.29) is 0 Å². The third-order valence-corrected chi connectivity index (χ3v) is 3.31. The SMILES string of the molecule is CNCCc1nc2ccc(OC)cc2s1. The van der Waals surface area contributed by atoms with E-state index in [2.05, 4.69) is 10.3 Å². The molecule has 0 spiro atoms. The summed E-state index contributed by atoms with van der Waals surface area (Å²) in [6, 6.07) is 5.99. The van der Waals surface area contributed by atoms with Crippen LogP contribution < -0.4 is 10.1 Å². The maximum absolute atomic E-state index is 5.18. The summed E-state index contributed by atoms with van der Waals surface area (Å²) in [4.78, 5) is 4.55. The van der Waals surface area contributed by atoms with Crippen molar-refractivity contribution in [3.8, 4) is 5.75 Å². The smallest absolute Gasteiger partial charge is 0.120 e. The molecule has 0 saturated carbocycles. The lowest BCUT2D eigenvalue weighted by atomic mass is 10.3. The predicted molar refractivity (Wildman–Crippen MR) is 63.8 cm³/mol. The first kappa shape index (κ1) is 10.4. The van der Waals surface area contributed by atoms with E-state index >= 15 is 0 Å². The number of hydrogen-bond acceptors (Lipinski definition) is 4. The normalized spacial score (nSPS) is 10.8.